The van der Waals surface area contributed by atoms with Crippen LogP contribution in [0, 0.1) is 0 Å². The van der Waals surface area contributed by atoms with E-state index in [4.69, 9.17) is 0 Å². The largest absolute Gasteiger partial charge is 0.354 e. The fourth-order valence-electron chi connectivity index (χ4n) is 4.55. The number of tetrazole rings is 1. The maximum absolute atomic E-state index is 13.2. The maximum atomic E-state index is 13.2. The highest BCUT2D eigenvalue weighted by Gasteiger charge is 2.26. The van der Waals surface area contributed by atoms with Crippen LogP contribution >= 0.6 is 0 Å². The third-order valence-corrected chi connectivity index (χ3v) is 6.62. The first-order valence-corrected chi connectivity index (χ1v) is 11.5. The summed E-state index contributed by atoms with van der Waals surface area (Å²) in [4.78, 5) is 21.8. The molecule has 0 radical (unpaired) electrons. The summed E-state index contributed by atoms with van der Waals surface area (Å²) in [6, 6.07) is 9.77. The molecule has 12 heteroatoms. The maximum Gasteiger partial charge on any atom is 0.255 e. The number of nitrogens with one attached hydrogen (secondary N) is 3. The van der Waals surface area contributed by atoms with Crippen molar-refractivity contribution in [2.24, 2.45) is 0 Å². The van der Waals surface area contributed by atoms with Gasteiger partial charge < -0.3 is 20.4 Å². The molecule has 178 valence electrons. The summed E-state index contributed by atoms with van der Waals surface area (Å²) in [6.07, 6.45) is 1.82. The number of H-pyrrole nitrogens is 1. The lowest BCUT2D eigenvalue weighted by Gasteiger charge is -2.28. The molecule has 6 rings (SSSR count). The Bertz CT molecular complexity index is 1450. The van der Waals surface area contributed by atoms with Gasteiger partial charge in [0, 0.05) is 61.8 Å². The summed E-state index contributed by atoms with van der Waals surface area (Å²) >= 11 is 0. The van der Waals surface area contributed by atoms with Crippen LogP contribution in [0.15, 0.2) is 47.8 Å². The summed E-state index contributed by atoms with van der Waals surface area (Å²) in [6.45, 7) is 5.94. The Balaban J connectivity index is 1.28. The minimum atomic E-state index is -0.190. The van der Waals surface area contributed by atoms with Crippen LogP contribution in [0.5, 0.6) is 0 Å². The molecular weight excluding hydrogens is 446 g/mol. The normalized spacial score (nSPS) is 16.1. The molecule has 12 nitrogen and oxygen atoms in total. The summed E-state index contributed by atoms with van der Waals surface area (Å²) in [5, 5.41) is 26.7. The highest BCUT2D eigenvalue weighted by atomic mass is 16.1. The first kappa shape index (κ1) is 21.2. The zero-order valence-corrected chi connectivity index (χ0v) is 19.5. The van der Waals surface area contributed by atoms with E-state index < -0.39 is 0 Å². The van der Waals surface area contributed by atoms with E-state index >= 15 is 0 Å². The molecule has 2 aliphatic rings. The molecule has 0 atom stereocenters. The molecule has 1 amide bonds. The van der Waals surface area contributed by atoms with Crippen molar-refractivity contribution in [1.82, 2.24) is 40.7 Å². The van der Waals surface area contributed by atoms with Gasteiger partial charge in [-0.15, -0.1) is 0 Å². The minimum absolute atomic E-state index is 0.190. The third-order valence-electron chi connectivity index (χ3n) is 6.62. The van der Waals surface area contributed by atoms with E-state index in [-0.39, 0.29) is 5.91 Å². The van der Waals surface area contributed by atoms with Crippen LogP contribution in [0.4, 0.5) is 17.5 Å². The predicted molar refractivity (Wildman–Crippen MR) is 132 cm³/mol. The van der Waals surface area contributed by atoms with Crippen molar-refractivity contribution in [1.29, 1.82) is 0 Å². The first-order valence-electron chi connectivity index (χ1n) is 11.5. The Morgan fingerprint density at radius 1 is 1.14 bits per heavy atom. The van der Waals surface area contributed by atoms with Crippen LogP contribution in [0.25, 0.3) is 22.2 Å². The zero-order chi connectivity index (χ0) is 23.9. The molecule has 5 heterocycles. The van der Waals surface area contributed by atoms with Crippen molar-refractivity contribution in [2.45, 2.75) is 13.5 Å². The van der Waals surface area contributed by atoms with E-state index in [1.807, 2.05) is 49.3 Å². The third kappa shape index (κ3) is 3.77. The number of carbonyl (C=O) groups is 1. The van der Waals surface area contributed by atoms with Gasteiger partial charge in [0.25, 0.3) is 5.91 Å². The Hall–Kier alpha value is -4.32. The van der Waals surface area contributed by atoms with Crippen LogP contribution in [0.3, 0.4) is 0 Å². The summed E-state index contributed by atoms with van der Waals surface area (Å²) in [5.74, 6) is 1.36. The standard InChI is InChI=1S/C23H25N11O/c1-14-18(13-34-23(32(14)2)29-30-31-34)22(35)26-16-3-4-19-17(12-16)21(28-27-19)15-5-6-25-20(11-15)33-9-7-24-8-10-33/h3-6,11-12,24H,7-10,13H2,1-2H3,(H,26,35)(H,27,28). The molecule has 0 bridgehead atoms. The van der Waals surface area contributed by atoms with Crippen LogP contribution in [0.1, 0.15) is 6.92 Å². The molecule has 0 spiro atoms. The number of aromatic nitrogens is 7. The molecule has 1 fully saturated rings. The predicted octanol–water partition coefficient (Wildman–Crippen LogP) is 1.38. The molecule has 1 aromatic carbocycles. The van der Waals surface area contributed by atoms with Gasteiger partial charge in [-0.05, 0) is 47.7 Å². The van der Waals surface area contributed by atoms with Gasteiger partial charge in [-0.25, -0.2) is 9.67 Å². The second-order valence-corrected chi connectivity index (χ2v) is 8.69. The highest BCUT2D eigenvalue weighted by Crippen LogP contribution is 2.31. The number of fused-ring (bicyclic) bond motifs is 2. The number of anilines is 3. The van der Waals surface area contributed by atoms with Crippen molar-refractivity contribution >= 4 is 34.3 Å². The van der Waals surface area contributed by atoms with Crippen LogP contribution < -0.4 is 20.4 Å². The lowest BCUT2D eigenvalue weighted by Crippen LogP contribution is -2.43. The monoisotopic (exact) mass is 471 g/mol. The fourth-order valence-corrected chi connectivity index (χ4v) is 4.55. The van der Waals surface area contributed by atoms with E-state index in [9.17, 15) is 4.79 Å². The van der Waals surface area contributed by atoms with Crippen LogP contribution in [-0.2, 0) is 11.3 Å². The molecule has 1 saturated heterocycles. The molecule has 35 heavy (non-hydrogen) atoms. The molecule has 4 aromatic rings. The molecule has 3 aromatic heterocycles. The Labute approximate surface area is 201 Å². The van der Waals surface area contributed by atoms with Crippen molar-refractivity contribution in [3.05, 3.63) is 47.8 Å². The van der Waals surface area contributed by atoms with Gasteiger partial charge in [-0.2, -0.15) is 5.10 Å². The molecule has 2 aliphatic heterocycles. The van der Waals surface area contributed by atoms with Gasteiger partial charge in [0.05, 0.1) is 17.6 Å². The van der Waals surface area contributed by atoms with E-state index in [2.05, 4.69) is 52.3 Å². The topological polar surface area (TPSA) is 133 Å². The van der Waals surface area contributed by atoms with Gasteiger partial charge >= 0.3 is 0 Å². The van der Waals surface area contributed by atoms with Gasteiger partial charge in [0.2, 0.25) is 5.95 Å². The van der Waals surface area contributed by atoms with Gasteiger partial charge in [0.15, 0.2) is 0 Å². The molecule has 0 aliphatic carbocycles. The van der Waals surface area contributed by atoms with Crippen LogP contribution in [-0.4, -0.2) is 74.5 Å². The number of allylic oxidation sites excluding steroid dienone is 1. The quantitative estimate of drug-likeness (QED) is 0.404. The first-order chi connectivity index (χ1) is 17.1. The number of aromatic amines is 1. The number of nitrogens with zero attached hydrogens (tertiary/aromatic N) is 8. The Kier molecular flexibility index (Phi) is 5.14. The summed E-state index contributed by atoms with van der Waals surface area (Å²) in [7, 11) is 1.84. The fraction of sp³-hybridized carbons (Fsp3) is 0.304. The average molecular weight is 472 g/mol. The molecule has 3 N–H and O–H groups in total. The number of amides is 1. The van der Waals surface area contributed by atoms with E-state index in [1.165, 1.54) is 0 Å². The molecule has 0 saturated carbocycles. The number of piperazine rings is 1. The highest BCUT2D eigenvalue weighted by molar-refractivity contribution is 6.06. The lowest BCUT2D eigenvalue weighted by molar-refractivity contribution is -0.113. The van der Waals surface area contributed by atoms with Crippen molar-refractivity contribution < 1.29 is 4.79 Å². The SMILES string of the molecule is CC1=C(C(=O)Nc2ccc3[nH]nc(-c4ccnc(N5CCNCC5)c4)c3c2)Cn2nnnc2N1C. The molecular formula is C23H25N11O. The number of hydrogen-bond donors (Lipinski definition) is 3. The van der Waals surface area contributed by atoms with Crippen LogP contribution in [0.2, 0.25) is 0 Å². The number of benzene rings is 1. The Morgan fingerprint density at radius 2 is 2.00 bits per heavy atom. The summed E-state index contributed by atoms with van der Waals surface area (Å²) in [5.41, 5.74) is 4.79. The lowest BCUT2D eigenvalue weighted by atomic mass is 10.1. The van der Waals surface area contributed by atoms with E-state index in [0.717, 1.165) is 59.9 Å². The van der Waals surface area contributed by atoms with Crippen molar-refractivity contribution in [2.75, 3.05) is 48.3 Å². The van der Waals surface area contributed by atoms with E-state index in [0.29, 0.717) is 23.8 Å². The second kappa shape index (κ2) is 8.47. The molecule has 0 unspecified atom stereocenters. The number of carbonyl (C=O) groups excluding carboxylic acids is 1. The minimum Gasteiger partial charge on any atom is -0.354 e. The Morgan fingerprint density at radius 3 is 2.86 bits per heavy atom. The zero-order valence-electron chi connectivity index (χ0n) is 19.5. The van der Waals surface area contributed by atoms with Crippen molar-refractivity contribution in [3.8, 4) is 11.3 Å². The van der Waals surface area contributed by atoms with Gasteiger partial charge in [-0.1, -0.05) is 5.10 Å². The smallest absolute Gasteiger partial charge is 0.255 e. The van der Waals surface area contributed by atoms with Gasteiger partial charge in [-0.3, -0.25) is 9.89 Å². The van der Waals surface area contributed by atoms with Crippen molar-refractivity contribution in [3.63, 3.8) is 0 Å². The van der Waals surface area contributed by atoms with E-state index in [1.54, 1.807) is 4.68 Å². The summed E-state index contributed by atoms with van der Waals surface area (Å²) < 4.78 is 1.61. The van der Waals surface area contributed by atoms with Gasteiger partial charge in [0.1, 0.15) is 11.5 Å². The number of pyridine rings is 1. The number of hydrogen-bond acceptors (Lipinski definition) is 9. The number of rotatable bonds is 4. The second-order valence-electron chi connectivity index (χ2n) is 8.69. The average Bonchev–Trinajstić information content (AvgIpc) is 3.54.